The largest absolute Gasteiger partial charge is 0.311 e. The molecule has 2 rings (SSSR count). The van der Waals surface area contributed by atoms with Gasteiger partial charge in [-0.1, -0.05) is 10.9 Å². The molecule has 1 N–H and O–H groups in total. The van der Waals surface area contributed by atoms with E-state index in [0.29, 0.717) is 0 Å². The van der Waals surface area contributed by atoms with Crippen LogP contribution in [0.5, 0.6) is 0 Å². The van der Waals surface area contributed by atoms with E-state index in [1.165, 1.54) is 30.8 Å². The van der Waals surface area contributed by atoms with Crippen molar-refractivity contribution in [3.63, 3.8) is 0 Å². The Kier molecular flexibility index (Phi) is 2.68. The second-order valence-corrected chi connectivity index (χ2v) is 3.93. The van der Waals surface area contributed by atoms with E-state index in [4.69, 9.17) is 0 Å². The molecule has 0 bridgehead atoms. The Labute approximate surface area is 76.4 Å². The van der Waals surface area contributed by atoms with Gasteiger partial charge in [0.25, 0.3) is 0 Å². The van der Waals surface area contributed by atoms with Gasteiger partial charge in [0.1, 0.15) is 0 Å². The molecule has 1 aliphatic carbocycles. The Morgan fingerprint density at radius 2 is 2.50 bits per heavy atom. The topological polar surface area (TPSA) is 37.8 Å². The third-order valence-electron chi connectivity index (χ3n) is 2.37. The number of nitrogens with one attached hydrogen (secondary N) is 1. The fourth-order valence-electron chi connectivity index (χ4n) is 1.36. The summed E-state index contributed by atoms with van der Waals surface area (Å²) in [6.07, 6.45) is 4.23. The summed E-state index contributed by atoms with van der Waals surface area (Å²) in [5.74, 6) is 0.927. The molecule has 3 nitrogen and oxygen atoms in total. The highest BCUT2D eigenvalue weighted by atomic mass is 32.1. The Hall–Kier alpha value is -0.480. The summed E-state index contributed by atoms with van der Waals surface area (Å²) in [5, 5.41) is 9.35. The van der Waals surface area contributed by atoms with E-state index in [1.54, 1.807) is 0 Å². The molecule has 1 aromatic rings. The van der Waals surface area contributed by atoms with Gasteiger partial charge in [-0.25, -0.2) is 0 Å². The van der Waals surface area contributed by atoms with Crippen LogP contribution in [0.15, 0.2) is 5.38 Å². The highest BCUT2D eigenvalue weighted by Gasteiger charge is 2.16. The first kappa shape index (κ1) is 8.13. The summed E-state index contributed by atoms with van der Waals surface area (Å²) in [6, 6.07) is 0. The van der Waals surface area contributed by atoms with Crippen LogP contribution in [0, 0.1) is 5.92 Å². The van der Waals surface area contributed by atoms with Crippen molar-refractivity contribution in [2.75, 3.05) is 6.54 Å². The summed E-state index contributed by atoms with van der Waals surface area (Å²) in [6.45, 7) is 2.03. The summed E-state index contributed by atoms with van der Waals surface area (Å²) < 4.78 is 3.81. The molecular formula is C8H13N3S. The standard InChI is InChI=1S/C8H13N3S/c1-2-7(3-1)4-9-5-8-6-12-11-10-8/h6-7,9H,1-5H2. The van der Waals surface area contributed by atoms with E-state index < -0.39 is 0 Å². The van der Waals surface area contributed by atoms with Crippen LogP contribution in [0.4, 0.5) is 0 Å². The molecule has 1 heterocycles. The molecule has 0 spiro atoms. The van der Waals surface area contributed by atoms with Crippen LogP contribution in [0.3, 0.4) is 0 Å². The zero-order valence-electron chi connectivity index (χ0n) is 6.99. The Morgan fingerprint density at radius 3 is 3.08 bits per heavy atom. The van der Waals surface area contributed by atoms with Crippen LogP contribution in [0.25, 0.3) is 0 Å². The third kappa shape index (κ3) is 2.01. The number of hydrogen-bond donors (Lipinski definition) is 1. The van der Waals surface area contributed by atoms with Gasteiger partial charge in [-0.3, -0.25) is 0 Å². The van der Waals surface area contributed by atoms with Crippen molar-refractivity contribution in [3.05, 3.63) is 11.1 Å². The summed E-state index contributed by atoms with van der Waals surface area (Å²) >= 11 is 1.42. The molecule has 66 valence electrons. The molecule has 1 aliphatic rings. The first-order valence-electron chi connectivity index (χ1n) is 4.42. The van der Waals surface area contributed by atoms with Gasteiger partial charge in [0.15, 0.2) is 0 Å². The number of hydrogen-bond acceptors (Lipinski definition) is 4. The zero-order valence-corrected chi connectivity index (χ0v) is 7.81. The normalized spacial score (nSPS) is 17.7. The van der Waals surface area contributed by atoms with Gasteiger partial charge in [-0.05, 0) is 36.8 Å². The fraction of sp³-hybridized carbons (Fsp3) is 0.750. The minimum absolute atomic E-state index is 0.882. The summed E-state index contributed by atoms with van der Waals surface area (Å²) in [4.78, 5) is 0. The van der Waals surface area contributed by atoms with E-state index in [0.717, 1.165) is 24.7 Å². The van der Waals surface area contributed by atoms with Gasteiger partial charge in [0.05, 0.1) is 5.69 Å². The van der Waals surface area contributed by atoms with Gasteiger partial charge in [-0.2, -0.15) is 0 Å². The number of rotatable bonds is 4. The van der Waals surface area contributed by atoms with Crippen molar-refractivity contribution in [1.29, 1.82) is 0 Å². The van der Waals surface area contributed by atoms with E-state index in [1.807, 2.05) is 5.38 Å². The van der Waals surface area contributed by atoms with Crippen molar-refractivity contribution in [1.82, 2.24) is 14.9 Å². The molecule has 0 atom stereocenters. The molecule has 1 fully saturated rings. The zero-order chi connectivity index (χ0) is 8.23. The number of aromatic nitrogens is 2. The van der Waals surface area contributed by atoms with Crippen molar-refractivity contribution in [2.24, 2.45) is 5.92 Å². The lowest BCUT2D eigenvalue weighted by atomic mass is 9.85. The van der Waals surface area contributed by atoms with Crippen LogP contribution >= 0.6 is 11.5 Å². The van der Waals surface area contributed by atoms with Gasteiger partial charge >= 0.3 is 0 Å². The lowest BCUT2D eigenvalue weighted by Crippen LogP contribution is -2.26. The van der Waals surface area contributed by atoms with E-state index in [2.05, 4.69) is 14.9 Å². The van der Waals surface area contributed by atoms with Crippen LogP contribution in [-0.2, 0) is 6.54 Å². The second-order valence-electron chi connectivity index (χ2n) is 3.32. The molecule has 1 saturated carbocycles. The molecule has 12 heavy (non-hydrogen) atoms. The molecular weight excluding hydrogens is 170 g/mol. The monoisotopic (exact) mass is 183 g/mol. The number of nitrogens with zero attached hydrogens (tertiary/aromatic N) is 2. The van der Waals surface area contributed by atoms with Gasteiger partial charge in [-0.15, -0.1) is 5.10 Å². The smallest absolute Gasteiger partial charge is 0.0893 e. The highest BCUT2D eigenvalue weighted by Crippen LogP contribution is 2.25. The average Bonchev–Trinajstić information content (AvgIpc) is 2.46. The molecule has 0 saturated heterocycles. The van der Waals surface area contributed by atoms with Crippen LogP contribution < -0.4 is 5.32 Å². The Morgan fingerprint density at radius 1 is 1.58 bits per heavy atom. The van der Waals surface area contributed by atoms with E-state index in [-0.39, 0.29) is 0 Å². The van der Waals surface area contributed by atoms with Crippen molar-refractivity contribution >= 4 is 11.5 Å². The molecule has 4 heteroatoms. The lowest BCUT2D eigenvalue weighted by Gasteiger charge is -2.25. The molecule has 0 radical (unpaired) electrons. The van der Waals surface area contributed by atoms with Gasteiger partial charge in [0, 0.05) is 11.9 Å². The van der Waals surface area contributed by atoms with E-state index in [9.17, 15) is 0 Å². The first-order valence-corrected chi connectivity index (χ1v) is 5.25. The molecule has 0 amide bonds. The molecule has 0 aromatic carbocycles. The van der Waals surface area contributed by atoms with Crippen LogP contribution in [0.2, 0.25) is 0 Å². The Balaban J connectivity index is 1.62. The van der Waals surface area contributed by atoms with Gasteiger partial charge < -0.3 is 5.32 Å². The SMILES string of the molecule is c1snnc1CNCC1CCC1. The van der Waals surface area contributed by atoms with Crippen molar-refractivity contribution < 1.29 is 0 Å². The minimum atomic E-state index is 0.882. The average molecular weight is 183 g/mol. The van der Waals surface area contributed by atoms with Crippen LogP contribution in [0.1, 0.15) is 25.0 Å². The highest BCUT2D eigenvalue weighted by molar-refractivity contribution is 7.03. The summed E-state index contributed by atoms with van der Waals surface area (Å²) in [7, 11) is 0. The lowest BCUT2D eigenvalue weighted by molar-refractivity contribution is 0.301. The van der Waals surface area contributed by atoms with Gasteiger partial charge in [0.2, 0.25) is 0 Å². The quantitative estimate of drug-likeness (QED) is 0.767. The first-order chi connectivity index (χ1) is 5.95. The third-order valence-corrected chi connectivity index (χ3v) is 2.92. The maximum atomic E-state index is 3.96. The molecule has 1 aromatic heterocycles. The Bertz CT molecular complexity index is 218. The van der Waals surface area contributed by atoms with Crippen LogP contribution in [-0.4, -0.2) is 16.1 Å². The van der Waals surface area contributed by atoms with Crippen molar-refractivity contribution in [3.8, 4) is 0 Å². The fourth-order valence-corrected chi connectivity index (χ4v) is 1.81. The van der Waals surface area contributed by atoms with Crippen molar-refractivity contribution in [2.45, 2.75) is 25.8 Å². The second kappa shape index (κ2) is 3.96. The predicted molar refractivity (Wildman–Crippen MR) is 49.0 cm³/mol. The summed E-state index contributed by atoms with van der Waals surface area (Å²) in [5.41, 5.74) is 1.07. The molecule has 0 aliphatic heterocycles. The predicted octanol–water partition coefficient (Wildman–Crippen LogP) is 1.43. The minimum Gasteiger partial charge on any atom is -0.311 e. The maximum Gasteiger partial charge on any atom is 0.0893 e. The molecule has 0 unspecified atom stereocenters. The van der Waals surface area contributed by atoms with E-state index >= 15 is 0 Å². The maximum absolute atomic E-state index is 3.96.